The average Bonchev–Trinajstić information content (AvgIpc) is 0.758. The Bertz CT molecular complexity index is 4780. The van der Waals surface area contributed by atoms with E-state index in [0.717, 1.165) is 62.2 Å². The summed E-state index contributed by atoms with van der Waals surface area (Å²) in [6, 6.07) is 139. The summed E-state index contributed by atoms with van der Waals surface area (Å²) < 4.78 is 31.0. The minimum Gasteiger partial charge on any atom is -0.528 e. The van der Waals surface area contributed by atoms with Crippen LogP contribution in [0.2, 0.25) is 40.2 Å². The number of halogens is 8. The molecule has 0 unspecified atom stereocenters. The van der Waals surface area contributed by atoms with E-state index in [1.165, 1.54) is 0 Å². The van der Waals surface area contributed by atoms with E-state index in [-0.39, 0.29) is 46.6 Å². The molecule has 115 heavy (non-hydrogen) atoms. The maximum Gasteiger partial charge on any atom is 0.347 e. The second kappa shape index (κ2) is 35.2. The van der Waals surface area contributed by atoms with E-state index < -0.39 is 45.1 Å². The van der Waals surface area contributed by atoms with Crippen LogP contribution < -0.4 is 79.9 Å². The molecule has 0 bridgehead atoms. The molecule has 0 radical (unpaired) electrons. The molecule has 0 aliphatic heterocycles. The first-order valence-corrected chi connectivity index (χ1v) is 48.3. The second-order valence-corrected chi connectivity index (χ2v) is 44.6. The SMILES string of the molecule is Clc1cc(C(CC(c2cc(Cl)c(O[Si](c3ccccc3)(c3ccccc3)c3ccccc3)c(Cl)c2)c2cc(Cl)c(O[Si](c3ccccc3)(c3ccccc3)c3ccccc3)c(Cl)c2)c2cc(Cl)c(O[Si](c3ccccc3)(c3ccccc3)c3ccccc3)c(Cl)c2)cc(Cl)c1O[Si](c1ccccc1)(c1ccccc1)c1ccccc1. The Morgan fingerprint density at radius 1 is 0.165 bits per heavy atom. The summed E-state index contributed by atoms with van der Waals surface area (Å²) in [6.45, 7) is 0. The monoisotopic (exact) mass is 1720 g/mol. The lowest BCUT2D eigenvalue weighted by molar-refractivity contribution is 0.573. The van der Waals surface area contributed by atoms with E-state index in [0.29, 0.717) is 45.3 Å². The van der Waals surface area contributed by atoms with Gasteiger partial charge in [-0.05, 0) is 139 Å². The Morgan fingerprint density at radius 3 is 0.374 bits per heavy atom. The second-order valence-electron chi connectivity index (χ2n) is 28.1. The number of rotatable bonds is 26. The summed E-state index contributed by atoms with van der Waals surface area (Å²) >= 11 is 63.9. The zero-order valence-corrected chi connectivity index (χ0v) is 71.8. The van der Waals surface area contributed by atoms with Gasteiger partial charge in [0, 0.05) is 11.8 Å². The molecule has 0 heterocycles. The fraction of sp³-hybridized carbons (Fsp3) is 0.0303. The van der Waals surface area contributed by atoms with Crippen LogP contribution in [0.1, 0.15) is 40.5 Å². The Labute approximate surface area is 715 Å². The van der Waals surface area contributed by atoms with Crippen LogP contribution in [0.15, 0.2) is 413 Å². The van der Waals surface area contributed by atoms with Crippen LogP contribution in [0.5, 0.6) is 23.0 Å². The lowest BCUT2D eigenvalue weighted by Gasteiger charge is -2.35. The zero-order chi connectivity index (χ0) is 78.9. The first-order chi connectivity index (χ1) is 56.3. The molecular weight excluding hydrogens is 1650 g/mol. The summed E-state index contributed by atoms with van der Waals surface area (Å²) in [6.07, 6.45) is 0.209. The van der Waals surface area contributed by atoms with E-state index in [1.807, 2.05) is 267 Å². The molecule has 0 saturated heterocycles. The minimum atomic E-state index is -3.52. The van der Waals surface area contributed by atoms with Crippen LogP contribution in [-0.4, -0.2) is 33.3 Å². The van der Waals surface area contributed by atoms with Gasteiger partial charge in [0.15, 0.2) is 0 Å². The van der Waals surface area contributed by atoms with Crippen LogP contribution in [0.4, 0.5) is 0 Å². The molecule has 0 atom stereocenters. The van der Waals surface area contributed by atoms with Crippen molar-refractivity contribution in [3.8, 4) is 23.0 Å². The maximum atomic E-state index is 7.98. The number of hydrogen-bond donors (Lipinski definition) is 0. The largest absolute Gasteiger partial charge is 0.528 e. The highest BCUT2D eigenvalue weighted by molar-refractivity contribution is 7.09. The Kier molecular flexibility index (Phi) is 24.1. The number of benzene rings is 16. The molecule has 0 aliphatic rings. The molecule has 0 aliphatic carbocycles. The molecule has 0 N–H and O–H groups in total. The summed E-state index contributed by atoms with van der Waals surface area (Å²) in [7, 11) is -14.1. The maximum absolute atomic E-state index is 7.98. The molecule has 16 aromatic carbocycles. The van der Waals surface area contributed by atoms with Crippen LogP contribution in [0.25, 0.3) is 0 Å². The molecule has 0 saturated carbocycles. The van der Waals surface area contributed by atoms with E-state index in [4.69, 9.17) is 111 Å². The average molecular weight is 1720 g/mol. The Balaban J connectivity index is 0.915. The standard InChI is InChI=1S/C99H72Cl8O4Si4/c100-88-61-70(62-89(101)96(88)108-112(74-37-13-1-14-38-74,75-39-15-2-16-40-75)76-41-17-3-18-42-76)86(71-63-90(102)97(91(103)64-71)109-113(77-43-19-4-20-44-77,78-45-21-5-22-46-78)79-47-23-6-24-48-79)69-87(72-65-92(104)98(93(105)66-72)110-114(80-49-25-7-26-50-80,81-51-27-8-28-52-81)82-53-29-9-30-54-82)73-67-94(106)99(95(107)68-73)111-115(83-55-31-10-32-56-83,84-57-33-11-34-58-84)85-59-35-12-36-60-85/h1-68,86-87H,69H2. The summed E-state index contributed by atoms with van der Waals surface area (Å²) in [4.78, 5) is 0. The number of hydrogen-bond acceptors (Lipinski definition) is 4. The summed E-state index contributed by atoms with van der Waals surface area (Å²) in [5, 5.41) is 13.9. The highest BCUT2D eigenvalue weighted by Crippen LogP contribution is 2.50. The van der Waals surface area contributed by atoms with Gasteiger partial charge in [-0.3, -0.25) is 0 Å². The lowest BCUT2D eigenvalue weighted by atomic mass is 9.78. The van der Waals surface area contributed by atoms with Crippen molar-refractivity contribution in [3.05, 3.63) is 475 Å². The van der Waals surface area contributed by atoms with Crippen molar-refractivity contribution >= 4 is 188 Å². The summed E-state index contributed by atoms with van der Waals surface area (Å²) in [5.41, 5.74) is 2.74. The van der Waals surface area contributed by atoms with Crippen molar-refractivity contribution in [1.29, 1.82) is 0 Å². The molecule has 4 nitrogen and oxygen atoms in total. The van der Waals surface area contributed by atoms with E-state index in [9.17, 15) is 0 Å². The molecule has 0 amide bonds. The third kappa shape index (κ3) is 15.7. The van der Waals surface area contributed by atoms with Gasteiger partial charge in [-0.15, -0.1) is 0 Å². The fourth-order valence-corrected chi connectivity index (χ4v) is 34.4. The molecule has 16 heteroatoms. The fourth-order valence-electron chi connectivity index (χ4n) is 16.1. The van der Waals surface area contributed by atoms with Gasteiger partial charge < -0.3 is 17.7 Å². The molecule has 16 aromatic rings. The van der Waals surface area contributed by atoms with Crippen LogP contribution in [0, 0.1) is 0 Å². The topological polar surface area (TPSA) is 36.9 Å². The van der Waals surface area contributed by atoms with Crippen molar-refractivity contribution in [2.24, 2.45) is 0 Å². The molecule has 564 valence electrons. The first-order valence-electron chi connectivity index (χ1n) is 37.7. The first kappa shape index (κ1) is 78.8. The predicted octanol–water partition coefficient (Wildman–Crippen LogP) is 20.5. The van der Waals surface area contributed by atoms with Crippen molar-refractivity contribution in [1.82, 2.24) is 0 Å². The van der Waals surface area contributed by atoms with Gasteiger partial charge in [-0.25, -0.2) is 0 Å². The Morgan fingerprint density at radius 2 is 0.270 bits per heavy atom. The van der Waals surface area contributed by atoms with Crippen LogP contribution >= 0.6 is 92.8 Å². The normalized spacial score (nSPS) is 11.8. The van der Waals surface area contributed by atoms with Crippen molar-refractivity contribution in [2.45, 2.75) is 18.3 Å². The summed E-state index contributed by atoms with van der Waals surface area (Å²) in [5.74, 6) is -0.190. The minimum absolute atomic E-state index is 0.209. The smallest absolute Gasteiger partial charge is 0.347 e. The van der Waals surface area contributed by atoms with Crippen LogP contribution in [-0.2, 0) is 0 Å². The molecule has 0 aromatic heterocycles. The van der Waals surface area contributed by atoms with Crippen molar-refractivity contribution < 1.29 is 17.7 Å². The predicted molar refractivity (Wildman–Crippen MR) is 493 cm³/mol. The Hall–Kier alpha value is -10.1. The van der Waals surface area contributed by atoms with Crippen molar-refractivity contribution in [2.75, 3.05) is 0 Å². The van der Waals surface area contributed by atoms with Gasteiger partial charge in [0.1, 0.15) is 23.0 Å². The quantitative estimate of drug-likeness (QED) is 0.0400. The molecular formula is C99H72Cl8O4Si4. The van der Waals surface area contributed by atoms with Gasteiger partial charge in [-0.2, -0.15) is 0 Å². The van der Waals surface area contributed by atoms with Gasteiger partial charge in [-0.1, -0.05) is 457 Å². The third-order valence-corrected chi connectivity index (χ3v) is 39.4. The van der Waals surface area contributed by atoms with Gasteiger partial charge in [0.2, 0.25) is 0 Å². The van der Waals surface area contributed by atoms with Gasteiger partial charge >= 0.3 is 33.3 Å². The van der Waals surface area contributed by atoms with Crippen molar-refractivity contribution in [3.63, 3.8) is 0 Å². The van der Waals surface area contributed by atoms with Gasteiger partial charge in [0.25, 0.3) is 0 Å². The molecule has 0 fully saturated rings. The van der Waals surface area contributed by atoms with E-state index in [1.54, 1.807) is 0 Å². The lowest BCUT2D eigenvalue weighted by Crippen LogP contribution is -2.71. The van der Waals surface area contributed by atoms with E-state index >= 15 is 0 Å². The molecule has 0 spiro atoms. The van der Waals surface area contributed by atoms with Gasteiger partial charge in [0.05, 0.1) is 40.2 Å². The highest BCUT2D eigenvalue weighted by Gasteiger charge is 2.50. The zero-order valence-electron chi connectivity index (χ0n) is 61.8. The van der Waals surface area contributed by atoms with Crippen LogP contribution in [0.3, 0.4) is 0 Å². The third-order valence-electron chi connectivity index (χ3n) is 21.3. The highest BCUT2D eigenvalue weighted by atomic mass is 35.5. The van der Waals surface area contributed by atoms with E-state index in [2.05, 4.69) is 146 Å². The molecule has 16 rings (SSSR count).